The lowest BCUT2D eigenvalue weighted by Crippen LogP contribution is -2.50. The molecule has 0 radical (unpaired) electrons. The second kappa shape index (κ2) is 5.96. The first-order chi connectivity index (χ1) is 11.3. The van der Waals surface area contributed by atoms with Crippen molar-refractivity contribution >= 4 is 17.7 Å². The zero-order valence-electron chi connectivity index (χ0n) is 14.5. The number of methoxy groups -OCH3 is 1. The summed E-state index contributed by atoms with van der Waals surface area (Å²) in [6, 6.07) is 4.02. The number of carbonyl (C=O) groups is 2. The number of rotatable bonds is 2. The summed E-state index contributed by atoms with van der Waals surface area (Å²) in [6.45, 7) is 6.97. The van der Waals surface area contributed by atoms with Crippen molar-refractivity contribution in [3.05, 3.63) is 24.0 Å². The van der Waals surface area contributed by atoms with E-state index in [0.717, 1.165) is 18.7 Å². The summed E-state index contributed by atoms with van der Waals surface area (Å²) >= 11 is 0. The van der Waals surface area contributed by atoms with E-state index in [0.29, 0.717) is 12.2 Å². The van der Waals surface area contributed by atoms with Gasteiger partial charge in [-0.3, -0.25) is 0 Å². The van der Waals surface area contributed by atoms with Gasteiger partial charge in [0.1, 0.15) is 11.3 Å². The highest BCUT2D eigenvalue weighted by Gasteiger charge is 2.51. The minimum absolute atomic E-state index is 0.189. The minimum Gasteiger partial charge on any atom is -0.464 e. The van der Waals surface area contributed by atoms with Crippen LogP contribution in [0.25, 0.3) is 0 Å². The van der Waals surface area contributed by atoms with Crippen molar-refractivity contribution in [3.63, 3.8) is 0 Å². The Morgan fingerprint density at radius 3 is 2.54 bits per heavy atom. The molecule has 2 fully saturated rings. The van der Waals surface area contributed by atoms with Gasteiger partial charge in [0.05, 0.1) is 31.1 Å². The van der Waals surface area contributed by atoms with Crippen LogP contribution in [0.5, 0.6) is 0 Å². The van der Waals surface area contributed by atoms with Crippen LogP contribution in [-0.2, 0) is 9.47 Å². The highest BCUT2D eigenvalue weighted by molar-refractivity contribution is 5.87. The highest BCUT2D eigenvalue weighted by Crippen LogP contribution is 2.39. The number of amides is 1. The fraction of sp³-hybridized carbons (Fsp3) is 0.588. The topological polar surface area (TPSA) is 72.0 Å². The number of hydrogen-bond donors (Lipinski definition) is 0. The molecule has 1 saturated carbocycles. The van der Waals surface area contributed by atoms with Crippen molar-refractivity contribution < 1.29 is 19.1 Å². The van der Waals surface area contributed by atoms with Crippen molar-refractivity contribution in [1.29, 1.82) is 0 Å². The molecule has 3 rings (SSSR count). The summed E-state index contributed by atoms with van der Waals surface area (Å²) in [6.07, 6.45) is 2.37. The average Bonchev–Trinajstić information content (AvgIpc) is 3.32. The zero-order chi connectivity index (χ0) is 17.5. The molecule has 1 saturated heterocycles. The first kappa shape index (κ1) is 16.5. The number of esters is 1. The van der Waals surface area contributed by atoms with Crippen LogP contribution in [0.2, 0.25) is 0 Å². The van der Waals surface area contributed by atoms with E-state index in [9.17, 15) is 9.59 Å². The Kier molecular flexibility index (Phi) is 4.11. The number of aromatic nitrogens is 1. The van der Waals surface area contributed by atoms with Gasteiger partial charge in [-0.2, -0.15) is 0 Å². The maximum atomic E-state index is 12.3. The second-order valence-corrected chi connectivity index (χ2v) is 7.13. The van der Waals surface area contributed by atoms with Crippen molar-refractivity contribution in [3.8, 4) is 0 Å². The molecule has 0 bridgehead atoms. The third-order valence-corrected chi connectivity index (χ3v) is 4.21. The molecule has 0 N–H and O–H groups in total. The van der Waals surface area contributed by atoms with Gasteiger partial charge < -0.3 is 19.3 Å². The first-order valence-electron chi connectivity index (χ1n) is 8.11. The van der Waals surface area contributed by atoms with E-state index in [2.05, 4.69) is 14.6 Å². The van der Waals surface area contributed by atoms with Crippen molar-refractivity contribution in [2.24, 2.45) is 0 Å². The summed E-state index contributed by atoms with van der Waals surface area (Å²) in [4.78, 5) is 31.9. The summed E-state index contributed by atoms with van der Waals surface area (Å²) < 4.78 is 10.1. The number of nitrogens with zero attached hydrogens (tertiary/aromatic N) is 3. The Labute approximate surface area is 141 Å². The second-order valence-electron chi connectivity index (χ2n) is 7.13. The lowest BCUT2D eigenvalue weighted by atomic mass is 10.2. The standard InChI is InChI=1S/C17H23N3O4/c1-17(2,3)24-16(22)20-8-7-19(13-9-14(13)20)11-5-6-12(18-10-11)15(21)23-4/h5-6,10,13-14H,7-9H2,1-4H3. The third kappa shape index (κ3) is 3.29. The molecular formula is C17H23N3O4. The van der Waals surface area contributed by atoms with Crippen LogP contribution < -0.4 is 4.90 Å². The van der Waals surface area contributed by atoms with Gasteiger partial charge in [0.25, 0.3) is 0 Å². The van der Waals surface area contributed by atoms with Crippen molar-refractivity contribution in [2.75, 3.05) is 25.1 Å². The van der Waals surface area contributed by atoms with Crippen LogP contribution >= 0.6 is 0 Å². The van der Waals surface area contributed by atoms with E-state index >= 15 is 0 Å². The lowest BCUT2D eigenvalue weighted by molar-refractivity contribution is 0.0218. The largest absolute Gasteiger partial charge is 0.464 e. The zero-order valence-corrected chi connectivity index (χ0v) is 14.5. The summed E-state index contributed by atoms with van der Waals surface area (Å²) in [5, 5.41) is 0. The quantitative estimate of drug-likeness (QED) is 0.772. The first-order valence-corrected chi connectivity index (χ1v) is 8.11. The van der Waals surface area contributed by atoms with E-state index in [1.54, 1.807) is 12.3 Å². The molecule has 1 aliphatic carbocycles. The molecule has 1 aromatic rings. The Balaban J connectivity index is 1.64. The number of carbonyl (C=O) groups excluding carboxylic acids is 2. The lowest BCUT2D eigenvalue weighted by Gasteiger charge is -2.36. The van der Waals surface area contributed by atoms with Crippen LogP contribution in [0.15, 0.2) is 18.3 Å². The van der Waals surface area contributed by atoms with Crippen LogP contribution in [-0.4, -0.2) is 59.8 Å². The molecule has 2 unspecified atom stereocenters. The van der Waals surface area contributed by atoms with Crippen LogP contribution in [0.4, 0.5) is 10.5 Å². The van der Waals surface area contributed by atoms with Crippen molar-refractivity contribution in [1.82, 2.24) is 9.88 Å². The van der Waals surface area contributed by atoms with Crippen LogP contribution in [0, 0.1) is 0 Å². The normalized spacial score (nSPS) is 22.7. The predicted octanol–water partition coefficient (Wildman–Crippen LogP) is 2.07. The molecule has 1 aliphatic heterocycles. The van der Waals surface area contributed by atoms with Gasteiger partial charge >= 0.3 is 12.1 Å². The molecule has 2 heterocycles. The monoisotopic (exact) mass is 333 g/mol. The maximum Gasteiger partial charge on any atom is 0.410 e. The third-order valence-electron chi connectivity index (χ3n) is 4.21. The summed E-state index contributed by atoms with van der Waals surface area (Å²) in [5.74, 6) is -0.444. The van der Waals surface area contributed by atoms with Gasteiger partial charge in [-0.05, 0) is 39.3 Å². The maximum absolute atomic E-state index is 12.3. The van der Waals surface area contributed by atoms with E-state index in [-0.39, 0.29) is 18.2 Å². The van der Waals surface area contributed by atoms with Gasteiger partial charge in [0.2, 0.25) is 0 Å². The number of pyridine rings is 1. The molecule has 2 atom stereocenters. The molecule has 0 aromatic carbocycles. The predicted molar refractivity (Wildman–Crippen MR) is 88.1 cm³/mol. The molecular weight excluding hydrogens is 310 g/mol. The average molecular weight is 333 g/mol. The van der Waals surface area contributed by atoms with Crippen molar-refractivity contribution in [2.45, 2.75) is 44.9 Å². The molecule has 24 heavy (non-hydrogen) atoms. The molecule has 1 aromatic heterocycles. The smallest absolute Gasteiger partial charge is 0.410 e. The van der Waals surface area contributed by atoms with Gasteiger partial charge in [0.15, 0.2) is 0 Å². The molecule has 7 heteroatoms. The molecule has 7 nitrogen and oxygen atoms in total. The van der Waals surface area contributed by atoms with Gasteiger partial charge in [-0.15, -0.1) is 0 Å². The number of fused-ring (bicyclic) bond motifs is 1. The molecule has 0 spiro atoms. The van der Waals surface area contributed by atoms with Gasteiger partial charge in [-0.1, -0.05) is 0 Å². The van der Waals surface area contributed by atoms with Gasteiger partial charge in [-0.25, -0.2) is 14.6 Å². The Morgan fingerprint density at radius 2 is 1.96 bits per heavy atom. The number of ether oxygens (including phenoxy) is 2. The number of hydrogen-bond acceptors (Lipinski definition) is 6. The van der Waals surface area contributed by atoms with E-state index < -0.39 is 11.6 Å². The number of piperazine rings is 1. The Morgan fingerprint density at radius 1 is 1.21 bits per heavy atom. The minimum atomic E-state index is -0.480. The van der Waals surface area contributed by atoms with E-state index in [1.165, 1.54) is 7.11 Å². The summed E-state index contributed by atoms with van der Waals surface area (Å²) in [5.41, 5.74) is 0.770. The Hall–Kier alpha value is -2.31. The van der Waals surface area contributed by atoms with E-state index in [1.807, 2.05) is 31.7 Å². The van der Waals surface area contributed by atoms with E-state index in [4.69, 9.17) is 4.74 Å². The SMILES string of the molecule is COC(=O)c1ccc(N2CCN(C(=O)OC(C)(C)C)C3CC32)cn1. The van der Waals surface area contributed by atoms with Gasteiger partial charge in [0, 0.05) is 13.1 Å². The fourth-order valence-electron chi connectivity index (χ4n) is 3.03. The Bertz CT molecular complexity index is 638. The molecule has 130 valence electrons. The van der Waals surface area contributed by atoms with Crippen LogP contribution in [0.1, 0.15) is 37.7 Å². The van der Waals surface area contributed by atoms with Crippen LogP contribution in [0.3, 0.4) is 0 Å². The summed E-state index contributed by atoms with van der Waals surface area (Å²) in [7, 11) is 1.34. The number of anilines is 1. The molecule has 1 amide bonds. The fourth-order valence-corrected chi connectivity index (χ4v) is 3.03. The highest BCUT2D eigenvalue weighted by atomic mass is 16.6. The molecule has 2 aliphatic rings.